The van der Waals surface area contributed by atoms with E-state index in [2.05, 4.69) is 15.3 Å². The lowest BCUT2D eigenvalue weighted by Gasteiger charge is -2.12. The first-order valence-corrected chi connectivity index (χ1v) is 7.27. The average molecular weight is 319 g/mol. The van der Waals surface area contributed by atoms with E-state index in [1.165, 1.54) is 11.8 Å². The first-order chi connectivity index (χ1) is 9.71. The van der Waals surface area contributed by atoms with Crippen molar-refractivity contribution in [1.82, 2.24) is 24.7 Å². The fraction of sp³-hybridized carbons (Fsp3) is 0.583. The Balaban J connectivity index is 2.44. The molecule has 116 valence electrons. The van der Waals surface area contributed by atoms with Crippen molar-refractivity contribution in [1.29, 1.82) is 0 Å². The van der Waals surface area contributed by atoms with Crippen molar-refractivity contribution < 1.29 is 13.2 Å². The summed E-state index contributed by atoms with van der Waals surface area (Å²) in [5.74, 6) is -0.343. The molecule has 0 spiro atoms. The smallest absolute Gasteiger partial charge is 0.309 e. The number of aryl methyl sites for hydroxylation is 1. The van der Waals surface area contributed by atoms with Crippen molar-refractivity contribution in [3.63, 3.8) is 0 Å². The van der Waals surface area contributed by atoms with Crippen LogP contribution in [-0.2, 0) is 6.18 Å². The van der Waals surface area contributed by atoms with Gasteiger partial charge < -0.3 is 4.90 Å². The minimum Gasteiger partial charge on any atom is -0.309 e. The van der Waals surface area contributed by atoms with Crippen molar-refractivity contribution >= 4 is 17.4 Å². The summed E-state index contributed by atoms with van der Waals surface area (Å²) in [6.07, 6.45) is -4.57. The predicted molar refractivity (Wildman–Crippen MR) is 74.5 cm³/mol. The quantitative estimate of drug-likeness (QED) is 0.810. The Hall–Kier alpha value is -1.35. The number of hydrogen-bond acceptors (Lipinski definition) is 5. The maximum Gasteiger partial charge on any atom is 0.453 e. The van der Waals surface area contributed by atoms with Crippen LogP contribution in [0.1, 0.15) is 17.0 Å². The summed E-state index contributed by atoms with van der Waals surface area (Å²) in [5.41, 5.74) is 1.66. The van der Waals surface area contributed by atoms with E-state index in [9.17, 15) is 13.2 Å². The number of thioether (sulfide) groups is 1. The van der Waals surface area contributed by atoms with Gasteiger partial charge in [0.25, 0.3) is 5.82 Å². The fourth-order valence-corrected chi connectivity index (χ4v) is 2.90. The normalized spacial score (nSPS) is 12.6. The second kappa shape index (κ2) is 5.80. The standard InChI is InChI=1S/C12H16F3N5S/c1-7-8(2)10(21-6-5-19(3)4)18-20-9(7)16-17-11(20)12(13,14)15/h5-6H2,1-4H3. The highest BCUT2D eigenvalue weighted by Crippen LogP contribution is 2.30. The molecular weight excluding hydrogens is 303 g/mol. The molecule has 21 heavy (non-hydrogen) atoms. The molecule has 0 N–H and O–H groups in total. The number of halogens is 3. The lowest BCUT2D eigenvalue weighted by Crippen LogP contribution is -2.16. The van der Waals surface area contributed by atoms with Gasteiger partial charge in [0, 0.05) is 17.9 Å². The van der Waals surface area contributed by atoms with Crippen molar-refractivity contribution in [2.24, 2.45) is 0 Å². The average Bonchev–Trinajstić information content (AvgIpc) is 2.78. The molecule has 2 rings (SSSR count). The molecule has 2 heterocycles. The molecule has 0 fully saturated rings. The number of fused-ring (bicyclic) bond motifs is 1. The second-order valence-corrected chi connectivity index (χ2v) is 6.05. The molecule has 0 atom stereocenters. The van der Waals surface area contributed by atoms with Gasteiger partial charge in [0.1, 0.15) is 5.03 Å². The molecule has 0 amide bonds. The number of nitrogens with zero attached hydrogens (tertiary/aromatic N) is 5. The van der Waals surface area contributed by atoms with Gasteiger partial charge in [-0.2, -0.15) is 22.8 Å². The van der Waals surface area contributed by atoms with E-state index >= 15 is 0 Å². The highest BCUT2D eigenvalue weighted by Gasteiger charge is 2.38. The second-order valence-electron chi connectivity index (χ2n) is 4.96. The predicted octanol–water partition coefficient (Wildman–Crippen LogP) is 2.41. The molecule has 0 unspecified atom stereocenters. The fourth-order valence-electron chi connectivity index (χ4n) is 1.74. The van der Waals surface area contributed by atoms with E-state index < -0.39 is 12.0 Å². The van der Waals surface area contributed by atoms with E-state index in [0.29, 0.717) is 10.6 Å². The van der Waals surface area contributed by atoms with Crippen LogP contribution < -0.4 is 0 Å². The van der Waals surface area contributed by atoms with Crippen molar-refractivity contribution in [2.75, 3.05) is 26.4 Å². The van der Waals surface area contributed by atoms with Crippen LogP contribution >= 0.6 is 11.8 Å². The molecule has 0 radical (unpaired) electrons. The summed E-state index contributed by atoms with van der Waals surface area (Å²) in [6.45, 7) is 4.39. The zero-order valence-electron chi connectivity index (χ0n) is 12.2. The highest BCUT2D eigenvalue weighted by molar-refractivity contribution is 7.99. The van der Waals surface area contributed by atoms with Gasteiger partial charge in [-0.15, -0.1) is 22.0 Å². The van der Waals surface area contributed by atoms with Gasteiger partial charge in [0.2, 0.25) is 0 Å². The van der Waals surface area contributed by atoms with Gasteiger partial charge in [0.05, 0.1) is 0 Å². The summed E-state index contributed by atoms with van der Waals surface area (Å²) < 4.78 is 39.5. The van der Waals surface area contributed by atoms with Crippen LogP contribution in [0.15, 0.2) is 5.03 Å². The number of hydrogen-bond donors (Lipinski definition) is 0. The van der Waals surface area contributed by atoms with E-state index in [4.69, 9.17) is 0 Å². The molecule has 2 aromatic heterocycles. The Labute approximate surface area is 124 Å². The molecule has 9 heteroatoms. The Morgan fingerprint density at radius 3 is 2.38 bits per heavy atom. The van der Waals surface area contributed by atoms with Gasteiger partial charge in [-0.1, -0.05) is 0 Å². The summed E-state index contributed by atoms with van der Waals surface area (Å²) in [4.78, 5) is 2.01. The maximum absolute atomic E-state index is 12.9. The molecule has 0 saturated carbocycles. The third-order valence-electron chi connectivity index (χ3n) is 3.08. The number of rotatable bonds is 4. The molecule has 0 saturated heterocycles. The number of aromatic nitrogens is 4. The van der Waals surface area contributed by atoms with Crippen LogP contribution in [0.3, 0.4) is 0 Å². The van der Waals surface area contributed by atoms with Gasteiger partial charge in [-0.3, -0.25) is 0 Å². The largest absolute Gasteiger partial charge is 0.453 e. The maximum atomic E-state index is 12.9. The number of alkyl halides is 3. The van der Waals surface area contributed by atoms with E-state index in [1.807, 2.05) is 25.9 Å². The van der Waals surface area contributed by atoms with Gasteiger partial charge in [0.15, 0.2) is 5.65 Å². The Morgan fingerprint density at radius 2 is 1.81 bits per heavy atom. The van der Waals surface area contributed by atoms with Crippen LogP contribution in [0, 0.1) is 13.8 Å². The van der Waals surface area contributed by atoms with Crippen molar-refractivity contribution in [3.8, 4) is 0 Å². The van der Waals surface area contributed by atoms with Crippen LogP contribution in [0.5, 0.6) is 0 Å². The molecular formula is C12H16F3N5S. The molecule has 0 aliphatic carbocycles. The van der Waals surface area contributed by atoms with E-state index in [1.54, 1.807) is 6.92 Å². The lowest BCUT2D eigenvalue weighted by molar-refractivity contribution is -0.146. The zero-order chi connectivity index (χ0) is 15.8. The minimum absolute atomic E-state index is 0.150. The first kappa shape index (κ1) is 16.0. The monoisotopic (exact) mass is 319 g/mol. The minimum atomic E-state index is -4.57. The Morgan fingerprint density at radius 1 is 1.14 bits per heavy atom. The molecule has 2 aromatic rings. The zero-order valence-corrected chi connectivity index (χ0v) is 13.0. The molecule has 0 aliphatic heterocycles. The summed E-state index contributed by atoms with van der Waals surface area (Å²) in [5, 5.41) is 11.5. The van der Waals surface area contributed by atoms with Crippen LogP contribution in [0.25, 0.3) is 5.65 Å². The van der Waals surface area contributed by atoms with E-state index in [0.717, 1.165) is 22.4 Å². The van der Waals surface area contributed by atoms with Crippen LogP contribution in [-0.4, -0.2) is 51.1 Å². The van der Waals surface area contributed by atoms with Gasteiger partial charge in [-0.25, -0.2) is 0 Å². The summed E-state index contributed by atoms with van der Waals surface area (Å²) in [7, 11) is 3.88. The molecule has 0 bridgehead atoms. The lowest BCUT2D eigenvalue weighted by atomic mass is 10.2. The topological polar surface area (TPSA) is 46.3 Å². The van der Waals surface area contributed by atoms with E-state index in [-0.39, 0.29) is 5.65 Å². The molecule has 0 aromatic carbocycles. The Bertz CT molecular complexity index is 650. The van der Waals surface area contributed by atoms with Crippen LogP contribution in [0.4, 0.5) is 13.2 Å². The van der Waals surface area contributed by atoms with Crippen molar-refractivity contribution in [3.05, 3.63) is 17.0 Å². The summed E-state index contributed by atoms with van der Waals surface area (Å²) in [6, 6.07) is 0. The third kappa shape index (κ3) is 3.29. The molecule has 0 aliphatic rings. The van der Waals surface area contributed by atoms with Crippen molar-refractivity contribution in [2.45, 2.75) is 25.0 Å². The van der Waals surface area contributed by atoms with Crippen LogP contribution in [0.2, 0.25) is 0 Å². The first-order valence-electron chi connectivity index (χ1n) is 6.29. The SMILES string of the molecule is Cc1c(SCCN(C)C)nn2c(C(F)(F)F)nnc2c1C. The molecule has 5 nitrogen and oxygen atoms in total. The summed E-state index contributed by atoms with van der Waals surface area (Å²) >= 11 is 1.43. The third-order valence-corrected chi connectivity index (χ3v) is 4.13. The Kier molecular flexibility index (Phi) is 4.43. The van der Waals surface area contributed by atoms with Gasteiger partial charge >= 0.3 is 6.18 Å². The highest BCUT2D eigenvalue weighted by atomic mass is 32.2. The van der Waals surface area contributed by atoms with Gasteiger partial charge in [-0.05, 0) is 33.5 Å².